The Bertz CT molecular complexity index is 1200. The lowest BCUT2D eigenvalue weighted by Gasteiger charge is -2.30. The quantitative estimate of drug-likeness (QED) is 0.286. The number of nitrogens with zero attached hydrogens (tertiary/aromatic N) is 2. The van der Waals surface area contributed by atoms with Crippen LogP contribution < -0.4 is 14.8 Å². The number of urea groups is 1. The molecule has 3 aromatic rings. The lowest BCUT2D eigenvalue weighted by atomic mass is 10.1. The molecule has 1 heterocycles. The Kier molecular flexibility index (Phi) is 10.5. The Morgan fingerprint density at radius 2 is 1.78 bits per heavy atom. The number of benzene rings is 2. The van der Waals surface area contributed by atoms with Gasteiger partial charge in [0.15, 0.2) is 11.5 Å². The van der Waals surface area contributed by atoms with E-state index in [1.54, 1.807) is 48.7 Å². The first-order valence-electron chi connectivity index (χ1n) is 11.8. The van der Waals surface area contributed by atoms with Gasteiger partial charge in [-0.25, -0.2) is 4.79 Å². The van der Waals surface area contributed by atoms with Crippen LogP contribution in [0.4, 0.5) is 10.5 Å². The second-order valence-electron chi connectivity index (χ2n) is 8.61. The van der Waals surface area contributed by atoms with Gasteiger partial charge in [0.1, 0.15) is 6.54 Å². The Hall–Kier alpha value is -2.94. The van der Waals surface area contributed by atoms with Crippen LogP contribution in [0, 0.1) is 0 Å². The highest BCUT2D eigenvalue weighted by Gasteiger charge is 2.24. The summed E-state index contributed by atoms with van der Waals surface area (Å²) in [4.78, 5) is 31.0. The summed E-state index contributed by atoms with van der Waals surface area (Å²) >= 11 is 13.8. The van der Waals surface area contributed by atoms with E-state index in [4.69, 9.17) is 32.7 Å². The molecule has 7 nitrogen and oxygen atoms in total. The minimum atomic E-state index is -0.413. The van der Waals surface area contributed by atoms with Crippen molar-refractivity contribution in [1.82, 2.24) is 9.80 Å². The largest absolute Gasteiger partial charge is 0.493 e. The van der Waals surface area contributed by atoms with Gasteiger partial charge in [0.05, 0.1) is 31.5 Å². The van der Waals surface area contributed by atoms with E-state index in [0.29, 0.717) is 46.7 Å². The van der Waals surface area contributed by atoms with Crippen LogP contribution in [0.1, 0.15) is 24.3 Å². The van der Waals surface area contributed by atoms with Gasteiger partial charge < -0.3 is 24.6 Å². The maximum absolute atomic E-state index is 13.5. The number of halogens is 2. The molecule has 1 N–H and O–H groups in total. The molecule has 0 radical (unpaired) electrons. The molecular formula is C27H31Cl2N3O4S. The SMILES string of the molecule is COc1ccc(CCN(Cc2cccs2)C(=O)CN(C(=O)Nc2ccc(Cl)cc2Cl)C(C)C)cc1OC. The average molecular weight is 565 g/mol. The standard InChI is InChI=1S/C27H31Cl2N3O4S/c1-18(2)32(27(34)30-23-9-8-20(28)15-22(23)29)17-26(33)31(16-21-6-5-13-37-21)12-11-19-7-10-24(35-3)25(14-19)36-4/h5-10,13-15,18H,11-12,16-17H2,1-4H3,(H,30,34). The fourth-order valence-corrected chi connectivity index (χ4v) is 4.87. The van der Waals surface area contributed by atoms with E-state index in [-0.39, 0.29) is 18.5 Å². The number of anilines is 1. The Balaban J connectivity index is 1.74. The number of thiophene rings is 1. The van der Waals surface area contributed by atoms with Gasteiger partial charge in [0.25, 0.3) is 0 Å². The fraction of sp³-hybridized carbons (Fsp3) is 0.333. The molecule has 0 unspecified atom stereocenters. The summed E-state index contributed by atoms with van der Waals surface area (Å²) in [5.41, 5.74) is 1.44. The van der Waals surface area contributed by atoms with Crippen molar-refractivity contribution in [3.8, 4) is 11.5 Å². The highest BCUT2D eigenvalue weighted by molar-refractivity contribution is 7.09. The third-order valence-corrected chi connectivity index (χ3v) is 7.17. The normalized spacial score (nSPS) is 10.8. The molecule has 0 aliphatic heterocycles. The molecule has 0 saturated carbocycles. The smallest absolute Gasteiger partial charge is 0.322 e. The predicted octanol–water partition coefficient (Wildman–Crippen LogP) is 6.59. The van der Waals surface area contributed by atoms with Gasteiger partial charge in [-0.3, -0.25) is 4.79 Å². The number of amides is 3. The summed E-state index contributed by atoms with van der Waals surface area (Å²) in [5.74, 6) is 1.14. The van der Waals surface area contributed by atoms with Gasteiger partial charge >= 0.3 is 6.03 Å². The van der Waals surface area contributed by atoms with E-state index in [0.717, 1.165) is 10.4 Å². The molecule has 0 atom stereocenters. The summed E-state index contributed by atoms with van der Waals surface area (Å²) in [7, 11) is 3.19. The van der Waals surface area contributed by atoms with E-state index in [1.807, 2.05) is 49.6 Å². The maximum Gasteiger partial charge on any atom is 0.322 e. The zero-order valence-electron chi connectivity index (χ0n) is 21.3. The van der Waals surface area contributed by atoms with Crippen molar-refractivity contribution >= 4 is 52.2 Å². The lowest BCUT2D eigenvalue weighted by molar-refractivity contribution is -0.132. The van der Waals surface area contributed by atoms with Crippen molar-refractivity contribution in [2.75, 3.05) is 32.6 Å². The summed E-state index contributed by atoms with van der Waals surface area (Å²) in [5, 5.41) is 5.57. The molecule has 0 aliphatic carbocycles. The third kappa shape index (κ3) is 8.02. The number of carbonyl (C=O) groups excluding carboxylic acids is 2. The molecule has 2 aromatic carbocycles. The first kappa shape index (κ1) is 28.6. The van der Waals surface area contributed by atoms with E-state index in [2.05, 4.69) is 5.32 Å². The highest BCUT2D eigenvalue weighted by atomic mass is 35.5. The van der Waals surface area contributed by atoms with Crippen molar-refractivity contribution in [3.63, 3.8) is 0 Å². The fourth-order valence-electron chi connectivity index (χ4n) is 3.70. The molecule has 37 heavy (non-hydrogen) atoms. The number of nitrogens with one attached hydrogen (secondary N) is 1. The third-order valence-electron chi connectivity index (χ3n) is 5.76. The second-order valence-corrected chi connectivity index (χ2v) is 10.5. The van der Waals surface area contributed by atoms with Crippen LogP contribution >= 0.6 is 34.5 Å². The van der Waals surface area contributed by atoms with Crippen molar-refractivity contribution in [2.24, 2.45) is 0 Å². The van der Waals surface area contributed by atoms with Crippen molar-refractivity contribution < 1.29 is 19.1 Å². The molecule has 0 aliphatic rings. The Morgan fingerprint density at radius 3 is 2.41 bits per heavy atom. The topological polar surface area (TPSA) is 71.1 Å². The zero-order chi connectivity index (χ0) is 26.9. The summed E-state index contributed by atoms with van der Waals surface area (Å²) in [6, 6.07) is 13.9. The number of carbonyl (C=O) groups is 2. The molecule has 3 rings (SSSR count). The van der Waals surface area contributed by atoms with Crippen LogP contribution in [0.3, 0.4) is 0 Å². The van der Waals surface area contributed by atoms with Gasteiger partial charge in [0, 0.05) is 22.5 Å². The first-order valence-corrected chi connectivity index (χ1v) is 13.4. The molecule has 198 valence electrons. The van der Waals surface area contributed by atoms with Gasteiger partial charge in [-0.05, 0) is 67.6 Å². The molecule has 0 spiro atoms. The number of rotatable bonds is 11. The van der Waals surface area contributed by atoms with Gasteiger partial charge in [-0.2, -0.15) is 0 Å². The molecule has 0 bridgehead atoms. The summed E-state index contributed by atoms with van der Waals surface area (Å²) in [6.07, 6.45) is 0.617. The molecule has 1 aromatic heterocycles. The number of ether oxygens (including phenoxy) is 2. The lowest BCUT2D eigenvalue weighted by Crippen LogP contribution is -2.47. The van der Waals surface area contributed by atoms with Crippen LogP contribution in [-0.2, 0) is 17.8 Å². The minimum Gasteiger partial charge on any atom is -0.493 e. The number of hydrogen-bond donors (Lipinski definition) is 1. The molecule has 0 saturated heterocycles. The molecule has 0 fully saturated rings. The van der Waals surface area contributed by atoms with Crippen molar-refractivity contribution in [2.45, 2.75) is 32.9 Å². The molecule has 3 amide bonds. The van der Waals surface area contributed by atoms with Crippen molar-refractivity contribution in [3.05, 3.63) is 74.4 Å². The first-order chi connectivity index (χ1) is 17.7. The number of hydrogen-bond acceptors (Lipinski definition) is 5. The summed E-state index contributed by atoms with van der Waals surface area (Å²) in [6.45, 7) is 4.59. The van der Waals surface area contributed by atoms with E-state index in [1.165, 1.54) is 4.90 Å². The van der Waals surface area contributed by atoms with E-state index >= 15 is 0 Å². The monoisotopic (exact) mass is 563 g/mol. The summed E-state index contributed by atoms with van der Waals surface area (Å²) < 4.78 is 10.7. The van der Waals surface area contributed by atoms with Crippen LogP contribution in [0.15, 0.2) is 53.9 Å². The molecule has 10 heteroatoms. The zero-order valence-corrected chi connectivity index (χ0v) is 23.6. The van der Waals surface area contributed by atoms with Crippen LogP contribution in [0.25, 0.3) is 0 Å². The van der Waals surface area contributed by atoms with Gasteiger partial charge in [0.2, 0.25) is 5.91 Å². The van der Waals surface area contributed by atoms with Gasteiger partial charge in [-0.1, -0.05) is 35.3 Å². The maximum atomic E-state index is 13.5. The predicted molar refractivity (Wildman–Crippen MR) is 150 cm³/mol. The second kappa shape index (κ2) is 13.6. The average Bonchev–Trinajstić information content (AvgIpc) is 3.39. The van der Waals surface area contributed by atoms with E-state index in [9.17, 15) is 9.59 Å². The van der Waals surface area contributed by atoms with E-state index < -0.39 is 6.03 Å². The Labute approximate surface area is 231 Å². The molecular weight excluding hydrogens is 533 g/mol. The van der Waals surface area contributed by atoms with Crippen LogP contribution in [0.2, 0.25) is 10.0 Å². The Morgan fingerprint density at radius 1 is 1.03 bits per heavy atom. The van der Waals surface area contributed by atoms with Gasteiger partial charge in [-0.15, -0.1) is 11.3 Å². The van der Waals surface area contributed by atoms with Crippen LogP contribution in [-0.4, -0.2) is 55.1 Å². The highest BCUT2D eigenvalue weighted by Crippen LogP contribution is 2.28. The minimum absolute atomic E-state index is 0.0774. The van der Waals surface area contributed by atoms with Crippen molar-refractivity contribution in [1.29, 1.82) is 0 Å². The van der Waals surface area contributed by atoms with Crippen LogP contribution in [0.5, 0.6) is 11.5 Å². The number of methoxy groups -OCH3 is 2.